The van der Waals surface area contributed by atoms with Crippen LogP contribution in [0.3, 0.4) is 0 Å². The van der Waals surface area contributed by atoms with Gasteiger partial charge in [0.15, 0.2) is 22.4 Å². The topological polar surface area (TPSA) is 143 Å². The van der Waals surface area contributed by atoms with Crippen LogP contribution in [-0.2, 0) is 4.79 Å². The van der Waals surface area contributed by atoms with Gasteiger partial charge in [0.1, 0.15) is 18.7 Å². The lowest BCUT2D eigenvalue weighted by Crippen LogP contribution is -2.39. The zero-order valence-corrected chi connectivity index (χ0v) is 22.4. The van der Waals surface area contributed by atoms with Gasteiger partial charge in [-0.2, -0.15) is 5.10 Å². The molecule has 38 heavy (non-hydrogen) atoms. The van der Waals surface area contributed by atoms with Crippen LogP contribution >= 0.6 is 11.3 Å². The van der Waals surface area contributed by atoms with Crippen molar-refractivity contribution >= 4 is 28.2 Å². The van der Waals surface area contributed by atoms with Gasteiger partial charge < -0.3 is 25.3 Å². The Morgan fingerprint density at radius 1 is 1.05 bits per heavy atom. The number of carbonyl (C=O) groups excluding carboxylic acids is 2. The molecule has 0 saturated carbocycles. The molecule has 2 aromatic carbocycles. The van der Waals surface area contributed by atoms with Crippen LogP contribution in [0.5, 0.6) is 17.2 Å². The second kappa shape index (κ2) is 11.3. The van der Waals surface area contributed by atoms with Gasteiger partial charge in [-0.3, -0.25) is 9.59 Å². The van der Waals surface area contributed by atoms with Gasteiger partial charge in [0.2, 0.25) is 11.7 Å². The van der Waals surface area contributed by atoms with Crippen LogP contribution in [0.15, 0.2) is 48.4 Å². The van der Waals surface area contributed by atoms with Crippen molar-refractivity contribution in [3.8, 4) is 34.2 Å². The number of methoxy groups -OCH3 is 3. The summed E-state index contributed by atoms with van der Waals surface area (Å²) in [6.45, 7) is 3.82. The number of nitrogens with two attached hydrogens (primary N) is 1. The standard InChI is InChI=1S/C26H28N6O5S/c1-14(2)22(25(27)34)31-26-30-18(11-38-26)15-6-7-17(19(8-15)32-13-28-12-29-32)23(33)16-9-20(35-3)24(37-5)21(10-16)36-4/h6-14,22H,1-5H3,(H2,27,34)(H,30,31)/t22-/m0/s1. The Morgan fingerprint density at radius 2 is 1.76 bits per heavy atom. The van der Waals surface area contributed by atoms with Crippen LogP contribution < -0.4 is 25.3 Å². The van der Waals surface area contributed by atoms with Crippen molar-refractivity contribution < 1.29 is 23.8 Å². The van der Waals surface area contributed by atoms with E-state index in [2.05, 4.69) is 20.4 Å². The van der Waals surface area contributed by atoms with Crippen molar-refractivity contribution in [3.63, 3.8) is 0 Å². The summed E-state index contributed by atoms with van der Waals surface area (Å²) < 4.78 is 17.7. The zero-order chi connectivity index (χ0) is 27.4. The molecule has 0 bridgehead atoms. The van der Waals surface area contributed by atoms with Crippen LogP contribution in [0.4, 0.5) is 5.13 Å². The minimum atomic E-state index is -0.543. The van der Waals surface area contributed by atoms with Gasteiger partial charge in [-0.25, -0.2) is 14.6 Å². The maximum atomic E-state index is 13.7. The Bertz CT molecular complexity index is 1430. The largest absolute Gasteiger partial charge is 0.493 e. The summed E-state index contributed by atoms with van der Waals surface area (Å²) in [5, 5.41) is 9.78. The highest BCUT2D eigenvalue weighted by molar-refractivity contribution is 7.14. The zero-order valence-electron chi connectivity index (χ0n) is 21.6. The Morgan fingerprint density at radius 3 is 2.32 bits per heavy atom. The van der Waals surface area contributed by atoms with Gasteiger partial charge in [0.05, 0.1) is 32.7 Å². The summed E-state index contributed by atoms with van der Waals surface area (Å²) >= 11 is 1.36. The molecule has 2 heterocycles. The average molecular weight is 537 g/mol. The highest BCUT2D eigenvalue weighted by atomic mass is 32.1. The summed E-state index contributed by atoms with van der Waals surface area (Å²) in [6, 6.07) is 7.99. The molecule has 0 saturated heterocycles. The van der Waals surface area contributed by atoms with Crippen molar-refractivity contribution in [1.82, 2.24) is 19.7 Å². The average Bonchev–Trinajstić information content (AvgIpc) is 3.62. The molecule has 11 nitrogen and oxygen atoms in total. The highest BCUT2D eigenvalue weighted by Gasteiger charge is 2.23. The monoisotopic (exact) mass is 536 g/mol. The predicted octanol–water partition coefficient (Wildman–Crippen LogP) is 3.57. The number of thiazole rings is 1. The van der Waals surface area contributed by atoms with Crippen molar-refractivity contribution in [3.05, 3.63) is 59.5 Å². The van der Waals surface area contributed by atoms with E-state index in [1.54, 1.807) is 24.3 Å². The summed E-state index contributed by atoms with van der Waals surface area (Å²) in [5.74, 6) is 0.407. The number of amides is 1. The molecular weight excluding hydrogens is 508 g/mol. The molecule has 1 atom stereocenters. The summed E-state index contributed by atoms with van der Waals surface area (Å²) in [5.41, 5.74) is 8.19. The lowest BCUT2D eigenvalue weighted by atomic mass is 9.98. The molecule has 4 aromatic rings. The fourth-order valence-corrected chi connectivity index (χ4v) is 4.70. The molecule has 12 heteroatoms. The van der Waals surface area contributed by atoms with Crippen LogP contribution in [0.1, 0.15) is 29.8 Å². The minimum Gasteiger partial charge on any atom is -0.493 e. The molecule has 198 valence electrons. The van der Waals surface area contributed by atoms with Crippen LogP contribution in [0, 0.1) is 5.92 Å². The van der Waals surface area contributed by atoms with Crippen molar-refractivity contribution in [2.24, 2.45) is 11.7 Å². The summed E-state index contributed by atoms with van der Waals surface area (Å²) in [7, 11) is 4.48. The van der Waals surface area contributed by atoms with E-state index in [0.717, 1.165) is 5.56 Å². The third-order valence-electron chi connectivity index (χ3n) is 5.89. The maximum Gasteiger partial charge on any atom is 0.240 e. The number of hydrogen-bond donors (Lipinski definition) is 2. The number of aromatic nitrogens is 4. The first kappa shape index (κ1) is 26.6. The number of benzene rings is 2. The van der Waals surface area contributed by atoms with E-state index in [4.69, 9.17) is 19.9 Å². The van der Waals surface area contributed by atoms with E-state index in [1.807, 2.05) is 25.3 Å². The normalized spacial score (nSPS) is 11.7. The van der Waals surface area contributed by atoms with Crippen molar-refractivity contribution in [2.45, 2.75) is 19.9 Å². The number of rotatable bonds is 11. The van der Waals surface area contributed by atoms with Gasteiger partial charge in [-0.1, -0.05) is 19.9 Å². The Hall–Kier alpha value is -4.45. The predicted molar refractivity (Wildman–Crippen MR) is 143 cm³/mol. The molecule has 0 spiro atoms. The number of nitrogens with one attached hydrogen (secondary N) is 1. The van der Waals surface area contributed by atoms with Crippen LogP contribution in [-0.4, -0.2) is 58.8 Å². The van der Waals surface area contributed by atoms with Crippen LogP contribution in [0.2, 0.25) is 0 Å². The number of anilines is 1. The first-order valence-electron chi connectivity index (χ1n) is 11.6. The lowest BCUT2D eigenvalue weighted by molar-refractivity contribution is -0.119. The molecule has 0 aliphatic rings. The van der Waals surface area contributed by atoms with E-state index >= 15 is 0 Å². The molecule has 3 N–H and O–H groups in total. The Labute approximate surface area is 223 Å². The van der Waals surface area contributed by atoms with Gasteiger partial charge in [0, 0.05) is 22.1 Å². The quantitative estimate of drug-likeness (QED) is 0.275. The SMILES string of the molecule is COc1cc(C(=O)c2ccc(-c3csc(N[C@H](C(N)=O)C(C)C)n3)cc2-n2cncn2)cc(OC)c1OC. The van der Waals surface area contributed by atoms with Crippen molar-refractivity contribution in [1.29, 1.82) is 0 Å². The van der Waals surface area contributed by atoms with E-state index in [0.29, 0.717) is 44.9 Å². The third kappa shape index (κ3) is 5.30. The van der Waals surface area contributed by atoms with Gasteiger partial charge in [-0.15, -0.1) is 11.3 Å². The van der Waals surface area contributed by atoms with Gasteiger partial charge in [-0.05, 0) is 30.2 Å². The molecular formula is C26H28N6O5S. The number of nitrogens with zero attached hydrogens (tertiary/aromatic N) is 4. The second-order valence-corrected chi connectivity index (χ2v) is 9.48. The number of carbonyl (C=O) groups is 2. The molecule has 2 aromatic heterocycles. The molecule has 0 fully saturated rings. The minimum absolute atomic E-state index is 0.000679. The van der Waals surface area contributed by atoms with Crippen LogP contribution in [0.25, 0.3) is 16.9 Å². The molecule has 1 amide bonds. The molecule has 4 rings (SSSR count). The first-order chi connectivity index (χ1) is 18.3. The number of primary amides is 1. The summed E-state index contributed by atoms with van der Waals surface area (Å²) in [6.07, 6.45) is 2.90. The van der Waals surface area contributed by atoms with Gasteiger partial charge in [0.25, 0.3) is 0 Å². The second-order valence-electron chi connectivity index (χ2n) is 8.62. The summed E-state index contributed by atoms with van der Waals surface area (Å²) in [4.78, 5) is 34.2. The smallest absolute Gasteiger partial charge is 0.240 e. The number of ketones is 1. The van der Waals surface area contributed by atoms with Crippen molar-refractivity contribution in [2.75, 3.05) is 26.6 Å². The maximum absolute atomic E-state index is 13.7. The molecule has 0 radical (unpaired) electrons. The Kier molecular flexibility index (Phi) is 7.91. The van der Waals surface area contributed by atoms with E-state index in [1.165, 1.54) is 50.0 Å². The molecule has 0 aliphatic heterocycles. The van der Waals surface area contributed by atoms with Gasteiger partial charge >= 0.3 is 0 Å². The third-order valence-corrected chi connectivity index (χ3v) is 6.66. The highest BCUT2D eigenvalue weighted by Crippen LogP contribution is 2.39. The Balaban J connectivity index is 1.74. The lowest BCUT2D eigenvalue weighted by Gasteiger charge is -2.18. The van der Waals surface area contributed by atoms with E-state index in [-0.39, 0.29) is 11.7 Å². The van der Waals surface area contributed by atoms with E-state index < -0.39 is 11.9 Å². The fourth-order valence-electron chi connectivity index (χ4n) is 3.94. The number of ether oxygens (including phenoxy) is 3. The fraction of sp³-hybridized carbons (Fsp3) is 0.269. The number of hydrogen-bond acceptors (Lipinski definition) is 10. The van der Waals surface area contributed by atoms with E-state index in [9.17, 15) is 9.59 Å². The molecule has 0 aliphatic carbocycles. The molecule has 0 unspecified atom stereocenters. The first-order valence-corrected chi connectivity index (χ1v) is 12.5.